The van der Waals surface area contributed by atoms with E-state index in [0.717, 1.165) is 0 Å². The van der Waals surface area contributed by atoms with Crippen molar-refractivity contribution >= 4 is 0 Å². The topological polar surface area (TPSA) is 32.3 Å². The minimum Gasteiger partial charge on any atom is -0.396 e. The fraction of sp³-hybridized carbons (Fsp3) is 1.00. The summed E-state index contributed by atoms with van der Waals surface area (Å²) in [6.07, 6.45) is -3.54. The van der Waals surface area contributed by atoms with E-state index in [4.69, 9.17) is 5.11 Å². The summed E-state index contributed by atoms with van der Waals surface area (Å²) >= 11 is 0. The average Bonchev–Trinajstić information content (AvgIpc) is 2.03. The third-order valence-electron chi connectivity index (χ3n) is 2.17. The van der Waals surface area contributed by atoms with Crippen molar-refractivity contribution in [1.82, 2.24) is 5.32 Å². The van der Waals surface area contributed by atoms with Gasteiger partial charge in [-0.05, 0) is 25.3 Å². The highest BCUT2D eigenvalue weighted by Crippen LogP contribution is 2.28. The molecule has 1 saturated heterocycles. The van der Waals surface area contributed by atoms with E-state index in [9.17, 15) is 13.2 Å². The van der Waals surface area contributed by atoms with Crippen LogP contribution in [0.2, 0.25) is 0 Å². The number of hydrogen-bond donors (Lipinski definition) is 2. The molecule has 0 amide bonds. The molecule has 2 nitrogen and oxygen atoms in total. The van der Waals surface area contributed by atoms with E-state index in [1.807, 2.05) is 0 Å². The van der Waals surface area contributed by atoms with Crippen LogP contribution in [-0.4, -0.2) is 30.5 Å². The van der Waals surface area contributed by atoms with Gasteiger partial charge >= 0.3 is 6.18 Å². The molecular weight excluding hydrogens is 171 g/mol. The number of nitrogens with one attached hydrogen (secondary N) is 1. The van der Waals surface area contributed by atoms with Crippen LogP contribution >= 0.6 is 0 Å². The van der Waals surface area contributed by atoms with Crippen LogP contribution in [0.3, 0.4) is 0 Å². The lowest BCUT2D eigenvalue weighted by Gasteiger charge is -2.30. The second kappa shape index (κ2) is 3.62. The van der Waals surface area contributed by atoms with E-state index < -0.39 is 12.2 Å². The average molecular weight is 183 g/mol. The van der Waals surface area contributed by atoms with Crippen LogP contribution in [0.1, 0.15) is 12.8 Å². The number of aliphatic hydroxyl groups excluding tert-OH is 1. The van der Waals surface area contributed by atoms with E-state index in [0.29, 0.717) is 13.0 Å². The molecule has 1 fully saturated rings. The summed E-state index contributed by atoms with van der Waals surface area (Å²) in [7, 11) is 0. The Morgan fingerprint density at radius 1 is 1.42 bits per heavy atom. The van der Waals surface area contributed by atoms with E-state index in [-0.39, 0.29) is 18.9 Å². The monoisotopic (exact) mass is 183 g/mol. The summed E-state index contributed by atoms with van der Waals surface area (Å²) in [4.78, 5) is 0. The highest BCUT2D eigenvalue weighted by atomic mass is 19.4. The predicted molar refractivity (Wildman–Crippen MR) is 37.7 cm³/mol. The second-order valence-electron chi connectivity index (χ2n) is 3.12. The Hall–Kier alpha value is -0.290. The first kappa shape index (κ1) is 9.80. The van der Waals surface area contributed by atoms with Crippen LogP contribution in [0.15, 0.2) is 0 Å². The van der Waals surface area contributed by atoms with Gasteiger partial charge in [-0.25, -0.2) is 0 Å². The third kappa shape index (κ3) is 2.35. The van der Waals surface area contributed by atoms with Gasteiger partial charge in [-0.15, -0.1) is 0 Å². The molecule has 0 aromatic carbocycles. The molecule has 1 rings (SSSR count). The van der Waals surface area contributed by atoms with Crippen molar-refractivity contribution in [3.05, 3.63) is 0 Å². The fourth-order valence-electron chi connectivity index (χ4n) is 1.41. The van der Waals surface area contributed by atoms with Crippen molar-refractivity contribution in [2.45, 2.75) is 25.1 Å². The summed E-state index contributed by atoms with van der Waals surface area (Å²) in [5.74, 6) is -0.196. The molecular formula is C7H12F3NO. The van der Waals surface area contributed by atoms with Crippen molar-refractivity contribution < 1.29 is 18.3 Å². The summed E-state index contributed by atoms with van der Waals surface area (Å²) in [6, 6.07) is -1.43. The molecule has 1 aliphatic rings. The van der Waals surface area contributed by atoms with Gasteiger partial charge in [0.05, 0.1) is 0 Å². The predicted octanol–water partition coefficient (Wildman–Crippen LogP) is 0.909. The molecule has 72 valence electrons. The maximum atomic E-state index is 12.1. The molecule has 0 aromatic rings. The van der Waals surface area contributed by atoms with Crippen molar-refractivity contribution in [2.24, 2.45) is 5.92 Å². The number of aliphatic hydroxyl groups is 1. The molecule has 2 unspecified atom stereocenters. The number of rotatable bonds is 1. The maximum absolute atomic E-state index is 12.1. The first-order valence-corrected chi connectivity index (χ1v) is 3.95. The quantitative estimate of drug-likeness (QED) is 0.633. The fourth-order valence-corrected chi connectivity index (χ4v) is 1.41. The minimum atomic E-state index is -4.17. The van der Waals surface area contributed by atoms with E-state index >= 15 is 0 Å². The molecule has 0 spiro atoms. The van der Waals surface area contributed by atoms with Crippen LogP contribution < -0.4 is 5.32 Å². The van der Waals surface area contributed by atoms with Gasteiger partial charge in [0.1, 0.15) is 6.04 Å². The van der Waals surface area contributed by atoms with E-state index in [1.54, 1.807) is 0 Å². The van der Waals surface area contributed by atoms with E-state index in [2.05, 4.69) is 5.32 Å². The molecule has 12 heavy (non-hydrogen) atoms. The van der Waals surface area contributed by atoms with E-state index in [1.165, 1.54) is 0 Å². The summed E-state index contributed by atoms with van der Waals surface area (Å²) in [5.41, 5.74) is 0. The lowest BCUT2D eigenvalue weighted by atomic mass is 9.93. The van der Waals surface area contributed by atoms with Gasteiger partial charge in [0.25, 0.3) is 0 Å². The van der Waals surface area contributed by atoms with Crippen LogP contribution in [0.25, 0.3) is 0 Å². The minimum absolute atomic E-state index is 0. The van der Waals surface area contributed by atoms with Gasteiger partial charge in [-0.3, -0.25) is 0 Å². The highest BCUT2D eigenvalue weighted by Gasteiger charge is 2.41. The normalized spacial score (nSPS) is 32.0. The number of alkyl halides is 3. The number of halogens is 3. The summed E-state index contributed by atoms with van der Waals surface area (Å²) in [5, 5.41) is 11.1. The van der Waals surface area contributed by atoms with Gasteiger partial charge in [0, 0.05) is 6.61 Å². The first-order chi connectivity index (χ1) is 5.54. The molecule has 0 aliphatic carbocycles. The molecule has 0 bridgehead atoms. The number of piperidine rings is 1. The Kier molecular flexibility index (Phi) is 2.95. The van der Waals surface area contributed by atoms with Crippen molar-refractivity contribution in [2.75, 3.05) is 13.2 Å². The van der Waals surface area contributed by atoms with Crippen LogP contribution in [0.5, 0.6) is 0 Å². The zero-order chi connectivity index (χ0) is 9.19. The Bertz CT molecular complexity index is 148. The van der Waals surface area contributed by atoms with Crippen molar-refractivity contribution in [3.63, 3.8) is 0 Å². The van der Waals surface area contributed by atoms with Crippen LogP contribution in [0.4, 0.5) is 13.2 Å². The SMILES string of the molecule is OCC1CCNC(C(F)(F)F)C1. The van der Waals surface area contributed by atoms with Gasteiger partial charge in [-0.2, -0.15) is 13.2 Å². The van der Waals surface area contributed by atoms with Gasteiger partial charge in [0.2, 0.25) is 0 Å². The van der Waals surface area contributed by atoms with Gasteiger partial charge < -0.3 is 10.4 Å². The zero-order valence-corrected chi connectivity index (χ0v) is 6.56. The van der Waals surface area contributed by atoms with Crippen LogP contribution in [0, 0.1) is 5.92 Å². The van der Waals surface area contributed by atoms with Gasteiger partial charge in [-0.1, -0.05) is 0 Å². The third-order valence-corrected chi connectivity index (χ3v) is 2.17. The Morgan fingerprint density at radius 2 is 2.08 bits per heavy atom. The molecule has 2 atom stereocenters. The van der Waals surface area contributed by atoms with Crippen molar-refractivity contribution in [3.8, 4) is 0 Å². The van der Waals surface area contributed by atoms with Crippen LogP contribution in [-0.2, 0) is 0 Å². The molecule has 0 radical (unpaired) electrons. The lowest BCUT2D eigenvalue weighted by Crippen LogP contribution is -2.48. The standard InChI is InChI=1S/C7H12F3NO/c8-7(9,10)6-3-5(4-12)1-2-11-6/h5-6,11-12H,1-4H2. The summed E-state index contributed by atoms with van der Waals surface area (Å²) in [6.45, 7) is 0.198. The Labute approximate surface area is 68.8 Å². The molecule has 0 aromatic heterocycles. The second-order valence-corrected chi connectivity index (χ2v) is 3.12. The molecule has 2 N–H and O–H groups in total. The highest BCUT2D eigenvalue weighted by molar-refractivity contribution is 4.83. The smallest absolute Gasteiger partial charge is 0.396 e. The Balaban J connectivity index is 2.46. The molecule has 5 heteroatoms. The summed E-state index contributed by atoms with van der Waals surface area (Å²) < 4.78 is 36.3. The Morgan fingerprint density at radius 3 is 2.58 bits per heavy atom. The van der Waals surface area contributed by atoms with Gasteiger partial charge in [0.15, 0.2) is 0 Å². The van der Waals surface area contributed by atoms with Crippen molar-refractivity contribution in [1.29, 1.82) is 0 Å². The first-order valence-electron chi connectivity index (χ1n) is 3.95. The number of hydrogen-bond acceptors (Lipinski definition) is 2. The lowest BCUT2D eigenvalue weighted by molar-refractivity contribution is -0.164. The molecule has 0 saturated carbocycles. The molecule has 1 aliphatic heterocycles. The molecule has 1 heterocycles. The maximum Gasteiger partial charge on any atom is 0.403 e. The largest absolute Gasteiger partial charge is 0.403 e. The zero-order valence-electron chi connectivity index (χ0n) is 6.56.